The predicted molar refractivity (Wildman–Crippen MR) is 147 cm³/mol. The zero-order chi connectivity index (χ0) is 28.2. The van der Waals surface area contributed by atoms with Gasteiger partial charge < -0.3 is 10.6 Å². The van der Waals surface area contributed by atoms with Crippen molar-refractivity contribution in [3.8, 4) is 5.69 Å². The minimum absolute atomic E-state index is 0.0452. The predicted octanol–water partition coefficient (Wildman–Crippen LogP) is 7.02. The molecule has 0 unspecified atom stereocenters. The van der Waals surface area contributed by atoms with Gasteiger partial charge in [0.2, 0.25) is 5.91 Å². The summed E-state index contributed by atoms with van der Waals surface area (Å²) < 4.78 is 42.3. The standard InChI is InChI=1S/C25H17BrCl2F3N5O2S/c26-14-5-8-16(9-6-14)36-21(12-32-23(38)17-11-15(27)7-10-19(17)28)34-35-24(36)39-13-22(37)33-20-4-2-1-3-18(20)25(29,30)31/h1-11H,12-13H2,(H,32,38)(H,33,37). The molecule has 4 aromatic rings. The summed E-state index contributed by atoms with van der Waals surface area (Å²) in [5.74, 6) is -1.04. The van der Waals surface area contributed by atoms with Gasteiger partial charge in [-0.1, -0.05) is 63.0 Å². The highest BCUT2D eigenvalue weighted by molar-refractivity contribution is 9.10. The number of thioether (sulfide) groups is 1. The Morgan fingerprint density at radius 3 is 2.44 bits per heavy atom. The number of para-hydroxylation sites is 1. The van der Waals surface area contributed by atoms with Crippen LogP contribution in [0.2, 0.25) is 10.0 Å². The second kappa shape index (κ2) is 12.4. The van der Waals surface area contributed by atoms with Gasteiger partial charge in [0.15, 0.2) is 11.0 Å². The largest absolute Gasteiger partial charge is 0.418 e. The molecule has 0 saturated carbocycles. The van der Waals surface area contributed by atoms with E-state index in [1.54, 1.807) is 34.9 Å². The van der Waals surface area contributed by atoms with Crippen LogP contribution < -0.4 is 10.6 Å². The first-order chi connectivity index (χ1) is 18.5. The minimum atomic E-state index is -4.62. The SMILES string of the molecule is O=C(CSc1nnc(CNC(=O)c2cc(Cl)ccc2Cl)n1-c1ccc(Br)cc1)Nc1ccccc1C(F)(F)F. The van der Waals surface area contributed by atoms with Crippen molar-refractivity contribution < 1.29 is 22.8 Å². The fraction of sp³-hybridized carbons (Fsp3) is 0.120. The molecular weight excluding hydrogens is 642 g/mol. The molecule has 1 aromatic heterocycles. The number of aromatic nitrogens is 3. The number of amides is 2. The lowest BCUT2D eigenvalue weighted by molar-refractivity contribution is -0.137. The lowest BCUT2D eigenvalue weighted by atomic mass is 10.1. The molecule has 0 aliphatic carbocycles. The van der Waals surface area contributed by atoms with Gasteiger partial charge in [-0.15, -0.1) is 10.2 Å². The highest BCUT2D eigenvalue weighted by atomic mass is 79.9. The summed E-state index contributed by atoms with van der Waals surface area (Å²) >= 11 is 16.5. The number of hydrogen-bond donors (Lipinski definition) is 2. The molecule has 202 valence electrons. The van der Waals surface area contributed by atoms with Gasteiger partial charge in [0.1, 0.15) is 0 Å². The van der Waals surface area contributed by atoms with Gasteiger partial charge in [-0.05, 0) is 54.6 Å². The Morgan fingerprint density at radius 2 is 1.72 bits per heavy atom. The van der Waals surface area contributed by atoms with Gasteiger partial charge in [0.25, 0.3) is 5.91 Å². The van der Waals surface area contributed by atoms with Gasteiger partial charge in [-0.2, -0.15) is 13.2 Å². The second-order valence-corrected chi connectivity index (χ2v) is 10.6. The van der Waals surface area contributed by atoms with Gasteiger partial charge in [-0.3, -0.25) is 14.2 Å². The van der Waals surface area contributed by atoms with Crippen LogP contribution in [0, 0.1) is 0 Å². The molecule has 3 aromatic carbocycles. The number of nitrogens with one attached hydrogen (secondary N) is 2. The van der Waals surface area contributed by atoms with Crippen molar-refractivity contribution in [2.24, 2.45) is 0 Å². The van der Waals surface area contributed by atoms with Crippen LogP contribution in [0.3, 0.4) is 0 Å². The highest BCUT2D eigenvalue weighted by Crippen LogP contribution is 2.34. The molecule has 7 nitrogen and oxygen atoms in total. The molecule has 0 aliphatic rings. The van der Waals surface area contributed by atoms with Crippen molar-refractivity contribution in [3.63, 3.8) is 0 Å². The molecule has 2 amide bonds. The van der Waals surface area contributed by atoms with Crippen molar-refractivity contribution >= 4 is 68.4 Å². The molecule has 0 bridgehead atoms. The first kappa shape index (κ1) is 28.9. The number of anilines is 1. The van der Waals surface area contributed by atoms with E-state index in [9.17, 15) is 22.8 Å². The van der Waals surface area contributed by atoms with E-state index in [1.165, 1.54) is 30.3 Å². The third kappa shape index (κ3) is 7.33. The smallest absolute Gasteiger partial charge is 0.345 e. The van der Waals surface area contributed by atoms with Crippen LogP contribution in [0.1, 0.15) is 21.7 Å². The molecule has 0 atom stereocenters. The highest BCUT2D eigenvalue weighted by Gasteiger charge is 2.33. The van der Waals surface area contributed by atoms with Crippen LogP contribution >= 0.6 is 50.9 Å². The van der Waals surface area contributed by atoms with E-state index in [0.29, 0.717) is 21.7 Å². The van der Waals surface area contributed by atoms with Gasteiger partial charge in [-0.25, -0.2) is 0 Å². The van der Waals surface area contributed by atoms with E-state index < -0.39 is 23.6 Å². The van der Waals surface area contributed by atoms with E-state index in [0.717, 1.165) is 22.3 Å². The van der Waals surface area contributed by atoms with Crippen molar-refractivity contribution in [3.05, 3.63) is 98.2 Å². The summed E-state index contributed by atoms with van der Waals surface area (Å²) in [6.45, 7) is -0.0452. The summed E-state index contributed by atoms with van der Waals surface area (Å²) in [6, 6.07) is 16.4. The molecular formula is C25H17BrCl2F3N5O2S. The average Bonchev–Trinajstić information content (AvgIpc) is 3.30. The Bertz CT molecular complexity index is 1520. The summed E-state index contributed by atoms with van der Waals surface area (Å²) in [6.07, 6.45) is -4.62. The van der Waals surface area contributed by atoms with Crippen LogP contribution in [-0.4, -0.2) is 32.3 Å². The van der Waals surface area contributed by atoms with Gasteiger partial charge in [0.05, 0.1) is 34.1 Å². The van der Waals surface area contributed by atoms with E-state index in [-0.39, 0.29) is 28.6 Å². The van der Waals surface area contributed by atoms with Crippen molar-refractivity contribution in [1.29, 1.82) is 0 Å². The van der Waals surface area contributed by atoms with Crippen LogP contribution in [-0.2, 0) is 17.5 Å². The fourth-order valence-corrected chi connectivity index (χ4v) is 4.85. The summed E-state index contributed by atoms with van der Waals surface area (Å²) in [5, 5.41) is 14.2. The number of nitrogens with zero attached hydrogens (tertiary/aromatic N) is 3. The fourth-order valence-electron chi connectivity index (χ4n) is 3.44. The normalized spacial score (nSPS) is 11.3. The van der Waals surface area contributed by atoms with Crippen molar-refractivity contribution in [2.45, 2.75) is 17.9 Å². The number of carbonyl (C=O) groups excluding carboxylic acids is 2. The molecule has 0 saturated heterocycles. The molecule has 0 radical (unpaired) electrons. The lowest BCUT2D eigenvalue weighted by Gasteiger charge is -2.14. The zero-order valence-electron chi connectivity index (χ0n) is 19.6. The topological polar surface area (TPSA) is 88.9 Å². The minimum Gasteiger partial charge on any atom is -0.345 e. The monoisotopic (exact) mass is 657 g/mol. The number of rotatable bonds is 8. The number of alkyl halides is 3. The van der Waals surface area contributed by atoms with E-state index >= 15 is 0 Å². The number of carbonyl (C=O) groups is 2. The van der Waals surface area contributed by atoms with Crippen LogP contribution in [0.4, 0.5) is 18.9 Å². The number of halogens is 6. The van der Waals surface area contributed by atoms with E-state index in [4.69, 9.17) is 23.2 Å². The van der Waals surface area contributed by atoms with Crippen LogP contribution in [0.5, 0.6) is 0 Å². The van der Waals surface area contributed by atoms with Crippen LogP contribution in [0.25, 0.3) is 5.69 Å². The first-order valence-corrected chi connectivity index (χ1v) is 13.6. The Labute approximate surface area is 243 Å². The average molecular weight is 659 g/mol. The summed E-state index contributed by atoms with van der Waals surface area (Å²) in [7, 11) is 0. The maximum absolute atomic E-state index is 13.3. The van der Waals surface area contributed by atoms with Crippen molar-refractivity contribution in [1.82, 2.24) is 20.1 Å². The van der Waals surface area contributed by atoms with E-state index in [1.807, 2.05) is 0 Å². The Morgan fingerprint density at radius 1 is 1.00 bits per heavy atom. The number of hydrogen-bond acceptors (Lipinski definition) is 5. The Hall–Kier alpha value is -3.06. The van der Waals surface area contributed by atoms with Gasteiger partial charge >= 0.3 is 6.18 Å². The van der Waals surface area contributed by atoms with E-state index in [2.05, 4.69) is 36.8 Å². The molecule has 0 spiro atoms. The third-order valence-electron chi connectivity index (χ3n) is 5.20. The quantitative estimate of drug-likeness (QED) is 0.199. The third-order valence-corrected chi connectivity index (χ3v) is 7.23. The second-order valence-electron chi connectivity index (χ2n) is 7.90. The van der Waals surface area contributed by atoms with Gasteiger partial charge in [0, 0.05) is 15.2 Å². The number of benzene rings is 3. The summed E-state index contributed by atoms with van der Waals surface area (Å²) in [4.78, 5) is 25.3. The zero-order valence-corrected chi connectivity index (χ0v) is 23.5. The molecule has 0 fully saturated rings. The maximum atomic E-state index is 13.3. The summed E-state index contributed by atoms with van der Waals surface area (Å²) in [5.41, 5.74) is -0.463. The Balaban J connectivity index is 1.53. The molecule has 4 rings (SSSR count). The first-order valence-electron chi connectivity index (χ1n) is 11.1. The molecule has 39 heavy (non-hydrogen) atoms. The van der Waals surface area contributed by atoms with Crippen LogP contribution in [0.15, 0.2) is 76.4 Å². The molecule has 2 N–H and O–H groups in total. The Kier molecular flexibility index (Phi) is 9.21. The molecule has 1 heterocycles. The lowest BCUT2D eigenvalue weighted by Crippen LogP contribution is -2.25. The maximum Gasteiger partial charge on any atom is 0.418 e. The molecule has 14 heteroatoms. The molecule has 0 aliphatic heterocycles. The van der Waals surface area contributed by atoms with Crippen molar-refractivity contribution in [2.75, 3.05) is 11.1 Å².